The lowest BCUT2D eigenvalue weighted by atomic mass is 10.1. The maximum Gasteiger partial charge on any atom is 0.255 e. The second-order valence-corrected chi connectivity index (χ2v) is 5.88. The van der Waals surface area contributed by atoms with Gasteiger partial charge in [0.1, 0.15) is 17.2 Å². The van der Waals surface area contributed by atoms with Crippen LogP contribution in [0.3, 0.4) is 0 Å². The average molecular weight is 376 g/mol. The minimum Gasteiger partial charge on any atom is -0.497 e. The molecule has 28 heavy (non-hydrogen) atoms. The van der Waals surface area contributed by atoms with E-state index in [4.69, 9.17) is 9.47 Å². The fourth-order valence-electron chi connectivity index (χ4n) is 2.58. The van der Waals surface area contributed by atoms with E-state index in [1.165, 1.54) is 14.2 Å². The molecule has 0 heterocycles. The summed E-state index contributed by atoms with van der Waals surface area (Å²) in [4.78, 5) is 24.7. The van der Waals surface area contributed by atoms with E-state index >= 15 is 0 Å². The summed E-state index contributed by atoms with van der Waals surface area (Å²) in [5.74, 6) is 1.22. The van der Waals surface area contributed by atoms with Crippen LogP contribution in [0.15, 0.2) is 72.8 Å². The Balaban J connectivity index is 1.75. The zero-order valence-corrected chi connectivity index (χ0v) is 15.6. The Labute approximate surface area is 163 Å². The number of rotatable bonds is 6. The van der Waals surface area contributed by atoms with Crippen molar-refractivity contribution >= 4 is 17.5 Å². The second kappa shape index (κ2) is 8.73. The van der Waals surface area contributed by atoms with Crippen molar-refractivity contribution in [2.75, 3.05) is 19.5 Å². The highest BCUT2D eigenvalue weighted by Crippen LogP contribution is 2.24. The summed E-state index contributed by atoms with van der Waals surface area (Å²) in [6.45, 7) is 0. The number of benzene rings is 3. The lowest BCUT2D eigenvalue weighted by Gasteiger charge is -2.12. The molecule has 0 aliphatic carbocycles. The largest absolute Gasteiger partial charge is 0.497 e. The number of nitrogens with one attached hydrogen (secondary N) is 2. The fraction of sp³-hybridized carbons (Fsp3) is 0.0909. The number of hydrogen-bond acceptors (Lipinski definition) is 4. The minimum absolute atomic E-state index is 0.319. The number of methoxy groups -OCH3 is 1. The van der Waals surface area contributed by atoms with Crippen LogP contribution in [0.5, 0.6) is 17.2 Å². The van der Waals surface area contributed by atoms with Crippen LogP contribution >= 0.6 is 0 Å². The molecule has 6 heteroatoms. The van der Waals surface area contributed by atoms with E-state index in [1.807, 2.05) is 30.3 Å². The smallest absolute Gasteiger partial charge is 0.255 e. The van der Waals surface area contributed by atoms with Gasteiger partial charge in [0.2, 0.25) is 0 Å². The number of ether oxygens (including phenoxy) is 2. The van der Waals surface area contributed by atoms with Crippen LogP contribution in [0.25, 0.3) is 0 Å². The molecule has 0 aliphatic rings. The third kappa shape index (κ3) is 4.48. The maximum atomic E-state index is 12.6. The average Bonchev–Trinajstić information content (AvgIpc) is 2.74. The summed E-state index contributed by atoms with van der Waals surface area (Å²) in [7, 11) is 3.04. The van der Waals surface area contributed by atoms with Crippen molar-refractivity contribution in [2.45, 2.75) is 0 Å². The van der Waals surface area contributed by atoms with E-state index in [9.17, 15) is 9.59 Å². The molecule has 0 radical (unpaired) electrons. The Morgan fingerprint density at radius 3 is 2.07 bits per heavy atom. The van der Waals surface area contributed by atoms with Gasteiger partial charge in [0, 0.05) is 12.6 Å². The van der Waals surface area contributed by atoms with Gasteiger partial charge < -0.3 is 20.1 Å². The summed E-state index contributed by atoms with van der Waals surface area (Å²) in [5, 5.41) is 5.32. The molecule has 3 aromatic carbocycles. The Hall–Kier alpha value is -3.80. The van der Waals surface area contributed by atoms with Gasteiger partial charge in [-0.3, -0.25) is 9.59 Å². The van der Waals surface area contributed by atoms with Crippen LogP contribution in [0.2, 0.25) is 0 Å². The highest BCUT2D eigenvalue weighted by atomic mass is 16.5. The number of hydrogen-bond donors (Lipinski definition) is 2. The number of amides is 2. The maximum absolute atomic E-state index is 12.6. The van der Waals surface area contributed by atoms with Gasteiger partial charge in [0.05, 0.1) is 18.4 Å². The summed E-state index contributed by atoms with van der Waals surface area (Å²) >= 11 is 0. The van der Waals surface area contributed by atoms with Crippen LogP contribution < -0.4 is 20.1 Å². The highest BCUT2D eigenvalue weighted by molar-refractivity contribution is 6.09. The van der Waals surface area contributed by atoms with Crippen LogP contribution in [0.4, 0.5) is 5.69 Å². The quantitative estimate of drug-likeness (QED) is 0.679. The second-order valence-electron chi connectivity index (χ2n) is 5.88. The molecule has 0 unspecified atom stereocenters. The minimum atomic E-state index is -0.332. The van der Waals surface area contributed by atoms with Gasteiger partial charge in [-0.1, -0.05) is 18.2 Å². The van der Waals surface area contributed by atoms with Crippen LogP contribution in [0, 0.1) is 0 Å². The van der Waals surface area contributed by atoms with Gasteiger partial charge in [-0.2, -0.15) is 0 Å². The molecule has 0 aromatic heterocycles. The van der Waals surface area contributed by atoms with E-state index < -0.39 is 0 Å². The van der Waals surface area contributed by atoms with E-state index in [-0.39, 0.29) is 11.8 Å². The number of para-hydroxylation sites is 1. The Kier molecular flexibility index (Phi) is 5.91. The van der Waals surface area contributed by atoms with Gasteiger partial charge in [0.15, 0.2) is 0 Å². The molecular weight excluding hydrogens is 356 g/mol. The van der Waals surface area contributed by atoms with Crippen molar-refractivity contribution in [1.29, 1.82) is 0 Å². The van der Waals surface area contributed by atoms with Crippen LogP contribution in [-0.4, -0.2) is 26.0 Å². The third-order valence-corrected chi connectivity index (χ3v) is 4.04. The number of anilines is 1. The van der Waals surface area contributed by atoms with E-state index in [1.54, 1.807) is 42.5 Å². The molecule has 0 spiro atoms. The Morgan fingerprint density at radius 1 is 0.786 bits per heavy atom. The topological polar surface area (TPSA) is 76.7 Å². The van der Waals surface area contributed by atoms with Crippen molar-refractivity contribution < 1.29 is 19.1 Å². The molecule has 0 saturated carbocycles. The molecule has 0 atom stereocenters. The SMILES string of the molecule is CNC(=O)c1cc(OC)ccc1NC(=O)c1ccc(Oc2ccccc2)cc1. The zero-order valence-electron chi connectivity index (χ0n) is 15.6. The zero-order chi connectivity index (χ0) is 19.9. The van der Waals surface area contributed by atoms with Crippen molar-refractivity contribution in [3.05, 3.63) is 83.9 Å². The first-order valence-corrected chi connectivity index (χ1v) is 8.65. The molecule has 2 N–H and O–H groups in total. The molecule has 0 bridgehead atoms. The van der Waals surface area contributed by atoms with Crippen molar-refractivity contribution in [1.82, 2.24) is 5.32 Å². The first-order chi connectivity index (χ1) is 13.6. The molecule has 6 nitrogen and oxygen atoms in total. The van der Waals surface area contributed by atoms with E-state index in [0.29, 0.717) is 34.1 Å². The van der Waals surface area contributed by atoms with Gasteiger partial charge in [-0.05, 0) is 54.6 Å². The molecule has 3 aromatic rings. The molecular formula is C22H20N2O4. The van der Waals surface area contributed by atoms with Gasteiger partial charge >= 0.3 is 0 Å². The summed E-state index contributed by atoms with van der Waals surface area (Å²) < 4.78 is 10.9. The van der Waals surface area contributed by atoms with Crippen molar-refractivity contribution in [2.24, 2.45) is 0 Å². The van der Waals surface area contributed by atoms with Gasteiger partial charge in [-0.25, -0.2) is 0 Å². The monoisotopic (exact) mass is 376 g/mol. The summed E-state index contributed by atoms with van der Waals surface area (Å²) in [6.07, 6.45) is 0. The van der Waals surface area contributed by atoms with E-state index in [2.05, 4.69) is 10.6 Å². The normalized spacial score (nSPS) is 10.1. The first kappa shape index (κ1) is 19.0. The first-order valence-electron chi connectivity index (χ1n) is 8.65. The Bertz CT molecular complexity index is 970. The molecule has 142 valence electrons. The highest BCUT2D eigenvalue weighted by Gasteiger charge is 2.15. The molecule has 2 amide bonds. The molecule has 3 rings (SSSR count). The molecule has 0 aliphatic heterocycles. The molecule has 0 fully saturated rings. The summed E-state index contributed by atoms with van der Waals surface area (Å²) in [5.41, 5.74) is 1.16. The lowest BCUT2D eigenvalue weighted by molar-refractivity contribution is 0.0963. The lowest BCUT2D eigenvalue weighted by Crippen LogP contribution is -2.21. The standard InChI is InChI=1S/C22H20N2O4/c1-23-22(26)19-14-18(27-2)12-13-20(19)24-21(25)15-8-10-17(11-9-15)28-16-6-4-3-5-7-16/h3-14H,1-2H3,(H,23,26)(H,24,25). The third-order valence-electron chi connectivity index (χ3n) is 4.04. The number of carbonyl (C=O) groups is 2. The van der Waals surface area contributed by atoms with Crippen LogP contribution in [-0.2, 0) is 0 Å². The predicted molar refractivity (Wildman–Crippen MR) is 107 cm³/mol. The van der Waals surface area contributed by atoms with Crippen molar-refractivity contribution in [3.8, 4) is 17.2 Å². The van der Waals surface area contributed by atoms with Gasteiger partial charge in [0.25, 0.3) is 11.8 Å². The molecule has 0 saturated heterocycles. The predicted octanol–water partition coefficient (Wildman–Crippen LogP) is 4.10. The van der Waals surface area contributed by atoms with Gasteiger partial charge in [-0.15, -0.1) is 0 Å². The summed E-state index contributed by atoms with van der Waals surface area (Å²) in [6, 6.07) is 21.0. The van der Waals surface area contributed by atoms with E-state index in [0.717, 1.165) is 0 Å². The Morgan fingerprint density at radius 2 is 1.43 bits per heavy atom. The van der Waals surface area contributed by atoms with Crippen molar-refractivity contribution in [3.63, 3.8) is 0 Å². The van der Waals surface area contributed by atoms with Crippen LogP contribution in [0.1, 0.15) is 20.7 Å². The fourth-order valence-corrected chi connectivity index (χ4v) is 2.58. The number of carbonyl (C=O) groups excluding carboxylic acids is 2.